The van der Waals surface area contributed by atoms with E-state index in [9.17, 15) is 5.11 Å². The van der Waals surface area contributed by atoms with Gasteiger partial charge in [-0.1, -0.05) is 19.4 Å². The zero-order chi connectivity index (χ0) is 12.2. The van der Waals surface area contributed by atoms with E-state index in [-0.39, 0.29) is 6.61 Å². The fourth-order valence-electron chi connectivity index (χ4n) is 5.10. The summed E-state index contributed by atoms with van der Waals surface area (Å²) in [6, 6.07) is 0. The van der Waals surface area contributed by atoms with Crippen molar-refractivity contribution in [3.8, 4) is 0 Å². The molecule has 0 bridgehead atoms. The van der Waals surface area contributed by atoms with Crippen molar-refractivity contribution < 1.29 is 5.11 Å². The lowest BCUT2D eigenvalue weighted by Crippen LogP contribution is -2.32. The molecule has 0 spiro atoms. The molecule has 3 saturated carbocycles. The van der Waals surface area contributed by atoms with E-state index in [1.165, 1.54) is 37.7 Å². The quantitative estimate of drug-likeness (QED) is 0.685. The van der Waals surface area contributed by atoms with Gasteiger partial charge in [-0.25, -0.2) is 0 Å². The van der Waals surface area contributed by atoms with Crippen LogP contribution < -0.4 is 0 Å². The number of rotatable bonds is 1. The van der Waals surface area contributed by atoms with Crippen LogP contribution >= 0.6 is 0 Å². The van der Waals surface area contributed by atoms with Crippen LogP contribution in [0.4, 0.5) is 0 Å². The van der Waals surface area contributed by atoms with E-state index in [0.717, 1.165) is 23.7 Å². The molecule has 0 aromatic rings. The largest absolute Gasteiger partial charge is 0.392 e. The molecule has 0 aromatic heterocycles. The molecule has 3 aliphatic rings. The van der Waals surface area contributed by atoms with E-state index in [2.05, 4.69) is 20.8 Å². The molecule has 0 amide bonds. The maximum absolute atomic E-state index is 9.32. The molecule has 96 valence electrons. The average Bonchev–Trinajstić information content (AvgIpc) is 2.91. The lowest BCUT2D eigenvalue weighted by atomic mass is 9.63. The molecule has 1 N–H and O–H groups in total. The van der Waals surface area contributed by atoms with E-state index in [1.54, 1.807) is 5.57 Å². The van der Waals surface area contributed by atoms with Gasteiger partial charge >= 0.3 is 0 Å². The fraction of sp³-hybridized carbons (Fsp3) is 0.875. The molecule has 0 radical (unpaired) electrons. The molecule has 0 aromatic carbocycles. The van der Waals surface area contributed by atoms with Gasteiger partial charge in [0.1, 0.15) is 0 Å². The summed E-state index contributed by atoms with van der Waals surface area (Å²) in [6.07, 6.45) is 6.88. The SMILES string of the molecule is C/C(CO)=C1/CC[C@@H]2CCC3C(C)C3(C)C2C1. The van der Waals surface area contributed by atoms with Crippen LogP contribution in [0.5, 0.6) is 0 Å². The van der Waals surface area contributed by atoms with Gasteiger partial charge in [-0.15, -0.1) is 0 Å². The highest BCUT2D eigenvalue weighted by Gasteiger charge is 2.65. The zero-order valence-electron chi connectivity index (χ0n) is 11.5. The van der Waals surface area contributed by atoms with Crippen molar-refractivity contribution in [1.29, 1.82) is 0 Å². The molecule has 1 heteroatoms. The Balaban J connectivity index is 1.84. The first-order valence-corrected chi connectivity index (χ1v) is 7.37. The number of allylic oxidation sites excluding steroid dienone is 1. The molecule has 0 heterocycles. The molecule has 0 saturated heterocycles. The monoisotopic (exact) mass is 234 g/mol. The molecule has 3 aliphatic carbocycles. The molecule has 4 unspecified atom stereocenters. The van der Waals surface area contributed by atoms with Crippen molar-refractivity contribution in [3.05, 3.63) is 11.1 Å². The van der Waals surface area contributed by atoms with Gasteiger partial charge in [-0.05, 0) is 73.7 Å². The van der Waals surface area contributed by atoms with Crippen LogP contribution in [0.3, 0.4) is 0 Å². The average molecular weight is 234 g/mol. The minimum Gasteiger partial charge on any atom is -0.392 e. The summed E-state index contributed by atoms with van der Waals surface area (Å²) in [5, 5.41) is 9.32. The van der Waals surface area contributed by atoms with Crippen molar-refractivity contribution in [2.75, 3.05) is 6.61 Å². The van der Waals surface area contributed by atoms with E-state index < -0.39 is 0 Å². The highest BCUT2D eigenvalue weighted by atomic mass is 16.3. The Morgan fingerprint density at radius 3 is 2.76 bits per heavy atom. The summed E-state index contributed by atoms with van der Waals surface area (Å²) in [5.74, 6) is 3.86. The number of aliphatic hydroxyl groups excluding tert-OH is 1. The van der Waals surface area contributed by atoms with Crippen LogP contribution in [0.1, 0.15) is 52.9 Å². The van der Waals surface area contributed by atoms with Gasteiger partial charge < -0.3 is 5.11 Å². The predicted octanol–water partition coefficient (Wildman–Crippen LogP) is 3.78. The number of aliphatic hydroxyl groups is 1. The van der Waals surface area contributed by atoms with Gasteiger partial charge in [-0.3, -0.25) is 0 Å². The molecule has 3 fully saturated rings. The van der Waals surface area contributed by atoms with Crippen molar-refractivity contribution in [1.82, 2.24) is 0 Å². The smallest absolute Gasteiger partial charge is 0.0641 e. The van der Waals surface area contributed by atoms with Crippen molar-refractivity contribution in [3.63, 3.8) is 0 Å². The minimum absolute atomic E-state index is 0.266. The van der Waals surface area contributed by atoms with Gasteiger partial charge in [0.2, 0.25) is 0 Å². The third-order valence-electron chi connectivity index (χ3n) is 6.61. The first-order chi connectivity index (χ1) is 8.09. The highest BCUT2D eigenvalue weighted by molar-refractivity contribution is 5.22. The minimum atomic E-state index is 0.266. The van der Waals surface area contributed by atoms with Gasteiger partial charge in [0.15, 0.2) is 0 Å². The molecular formula is C16H26O. The summed E-state index contributed by atoms with van der Waals surface area (Å²) < 4.78 is 0. The second-order valence-electron chi connectivity index (χ2n) is 6.99. The summed E-state index contributed by atoms with van der Waals surface area (Å²) in [4.78, 5) is 0. The van der Waals surface area contributed by atoms with Crippen molar-refractivity contribution in [2.24, 2.45) is 29.1 Å². The van der Waals surface area contributed by atoms with Crippen LogP contribution in [0.15, 0.2) is 11.1 Å². The normalized spacial score (nSPS) is 51.5. The lowest BCUT2D eigenvalue weighted by molar-refractivity contribution is 0.117. The van der Waals surface area contributed by atoms with Crippen LogP contribution in [0.25, 0.3) is 0 Å². The molecule has 0 aliphatic heterocycles. The fourth-order valence-corrected chi connectivity index (χ4v) is 5.10. The van der Waals surface area contributed by atoms with Crippen LogP contribution in [0.2, 0.25) is 0 Å². The summed E-state index contributed by atoms with van der Waals surface area (Å²) >= 11 is 0. The molecule has 1 nitrogen and oxygen atoms in total. The van der Waals surface area contributed by atoms with Crippen molar-refractivity contribution >= 4 is 0 Å². The van der Waals surface area contributed by atoms with Crippen LogP contribution in [-0.2, 0) is 0 Å². The Labute approximate surface area is 105 Å². The summed E-state index contributed by atoms with van der Waals surface area (Å²) in [6.45, 7) is 7.39. The highest BCUT2D eigenvalue weighted by Crippen LogP contribution is 2.71. The summed E-state index contributed by atoms with van der Waals surface area (Å²) in [5.41, 5.74) is 3.47. The zero-order valence-corrected chi connectivity index (χ0v) is 11.5. The van der Waals surface area contributed by atoms with Gasteiger partial charge in [0.05, 0.1) is 6.61 Å². The lowest BCUT2D eigenvalue weighted by Gasteiger charge is -2.42. The Bertz CT molecular complexity index is 357. The number of fused-ring (bicyclic) bond motifs is 3. The Kier molecular flexibility index (Phi) is 2.66. The first kappa shape index (κ1) is 11.8. The Morgan fingerprint density at radius 1 is 1.29 bits per heavy atom. The predicted molar refractivity (Wildman–Crippen MR) is 70.6 cm³/mol. The van der Waals surface area contributed by atoms with Crippen LogP contribution in [0, 0.1) is 29.1 Å². The van der Waals surface area contributed by atoms with Gasteiger partial charge in [-0.2, -0.15) is 0 Å². The maximum Gasteiger partial charge on any atom is 0.0641 e. The number of hydrogen-bond donors (Lipinski definition) is 1. The summed E-state index contributed by atoms with van der Waals surface area (Å²) in [7, 11) is 0. The van der Waals surface area contributed by atoms with E-state index in [4.69, 9.17) is 0 Å². The molecule has 3 rings (SSSR count). The Morgan fingerprint density at radius 2 is 2.06 bits per heavy atom. The standard InChI is InChI=1S/C16H26O/c1-10(9-17)13-5-4-12-6-7-14-11(2)16(14,3)15(12)8-13/h11-12,14-15,17H,4-9H2,1-3H3/b13-10+/t11?,12-,14?,15?,16?/m1/s1. The third-order valence-corrected chi connectivity index (χ3v) is 6.61. The topological polar surface area (TPSA) is 20.2 Å². The van der Waals surface area contributed by atoms with E-state index in [0.29, 0.717) is 5.41 Å². The van der Waals surface area contributed by atoms with E-state index in [1.807, 2.05) is 0 Å². The van der Waals surface area contributed by atoms with Gasteiger partial charge in [0, 0.05) is 0 Å². The maximum atomic E-state index is 9.32. The molecule has 17 heavy (non-hydrogen) atoms. The second-order valence-corrected chi connectivity index (χ2v) is 6.99. The third kappa shape index (κ3) is 1.54. The Hall–Kier alpha value is -0.300. The van der Waals surface area contributed by atoms with E-state index >= 15 is 0 Å². The second kappa shape index (κ2) is 3.85. The number of hydrogen-bond acceptors (Lipinski definition) is 1. The molecular weight excluding hydrogens is 208 g/mol. The molecule has 5 atom stereocenters. The van der Waals surface area contributed by atoms with Crippen molar-refractivity contribution in [2.45, 2.75) is 52.9 Å². The van der Waals surface area contributed by atoms with Gasteiger partial charge in [0.25, 0.3) is 0 Å². The first-order valence-electron chi connectivity index (χ1n) is 7.37. The van der Waals surface area contributed by atoms with Crippen LogP contribution in [-0.4, -0.2) is 11.7 Å².